The summed E-state index contributed by atoms with van der Waals surface area (Å²) >= 11 is 3.55. The number of ether oxygens (including phenoxy) is 1. The molecule has 0 aliphatic carbocycles. The number of fused-ring (bicyclic) bond motifs is 3. The van der Waals surface area contributed by atoms with Crippen molar-refractivity contribution in [1.82, 2.24) is 25.0 Å². The van der Waals surface area contributed by atoms with Crippen LogP contribution in [0.4, 0.5) is 11.4 Å². The molecule has 196 valence electrons. The Morgan fingerprint density at radius 2 is 1.93 bits per heavy atom. The van der Waals surface area contributed by atoms with Crippen molar-refractivity contribution >= 4 is 55.1 Å². The fourth-order valence-corrected chi connectivity index (χ4v) is 5.67. The molecule has 1 amide bonds. The molecule has 1 N–H and O–H groups in total. The lowest BCUT2D eigenvalue weighted by Gasteiger charge is -2.33. The van der Waals surface area contributed by atoms with Crippen LogP contribution in [0.25, 0.3) is 27.6 Å². The second kappa shape index (κ2) is 9.42. The summed E-state index contributed by atoms with van der Waals surface area (Å²) < 4.78 is 9.08. The Hall–Kier alpha value is -4.83. The van der Waals surface area contributed by atoms with Crippen molar-refractivity contribution in [2.24, 2.45) is 0 Å². The van der Waals surface area contributed by atoms with Gasteiger partial charge in [0.05, 0.1) is 33.5 Å². The Morgan fingerprint density at radius 3 is 2.75 bits per heavy atom. The fraction of sp³-hybridized carbons (Fsp3) is 0.100. The summed E-state index contributed by atoms with van der Waals surface area (Å²) in [5.74, 6) is 0.290. The SMILES string of the molecule is CC(=O)N1c2cc(Br)ccc2-n2cc(Cc3cccnc3)c(=O)c3cc(OCc4cccc5[nH]nnc45)cc1c32. The third-order valence-corrected chi connectivity index (χ3v) is 7.56. The van der Waals surface area contributed by atoms with Gasteiger partial charge in [-0.05, 0) is 42.0 Å². The van der Waals surface area contributed by atoms with Crippen LogP contribution in [-0.2, 0) is 17.8 Å². The van der Waals surface area contributed by atoms with Crippen molar-refractivity contribution in [3.8, 4) is 11.4 Å². The molecule has 0 fully saturated rings. The maximum absolute atomic E-state index is 14.0. The van der Waals surface area contributed by atoms with E-state index in [4.69, 9.17) is 4.74 Å². The zero-order chi connectivity index (χ0) is 27.4. The Bertz CT molecular complexity index is 2020. The smallest absolute Gasteiger partial charge is 0.228 e. The van der Waals surface area contributed by atoms with E-state index < -0.39 is 0 Å². The van der Waals surface area contributed by atoms with E-state index in [0.29, 0.717) is 40.0 Å². The average molecular weight is 593 g/mol. The quantitative estimate of drug-likeness (QED) is 0.280. The number of halogens is 1. The Morgan fingerprint density at radius 1 is 1.02 bits per heavy atom. The average Bonchev–Trinajstić information content (AvgIpc) is 3.44. The minimum Gasteiger partial charge on any atom is -0.489 e. The number of aromatic amines is 1. The fourth-order valence-electron chi connectivity index (χ4n) is 5.32. The van der Waals surface area contributed by atoms with Crippen LogP contribution in [0.2, 0.25) is 0 Å². The van der Waals surface area contributed by atoms with Gasteiger partial charge >= 0.3 is 0 Å². The number of benzene rings is 3. The first kappa shape index (κ1) is 24.2. The van der Waals surface area contributed by atoms with Gasteiger partial charge in [0.15, 0.2) is 5.43 Å². The molecule has 0 saturated heterocycles. The van der Waals surface area contributed by atoms with Crippen LogP contribution < -0.4 is 15.1 Å². The van der Waals surface area contributed by atoms with E-state index in [9.17, 15) is 9.59 Å². The third-order valence-electron chi connectivity index (χ3n) is 7.07. The second-order valence-corrected chi connectivity index (χ2v) is 10.5. The van der Waals surface area contributed by atoms with E-state index in [1.807, 2.05) is 65.4 Å². The van der Waals surface area contributed by atoms with E-state index in [2.05, 4.69) is 36.3 Å². The number of H-pyrrole nitrogens is 1. The zero-order valence-electron chi connectivity index (χ0n) is 21.3. The largest absolute Gasteiger partial charge is 0.489 e. The van der Waals surface area contributed by atoms with Gasteiger partial charge in [-0.25, -0.2) is 0 Å². The highest BCUT2D eigenvalue weighted by Crippen LogP contribution is 2.44. The highest BCUT2D eigenvalue weighted by atomic mass is 79.9. The maximum Gasteiger partial charge on any atom is 0.228 e. The highest BCUT2D eigenvalue weighted by molar-refractivity contribution is 9.10. The standard InChI is InChI=1S/C30H21BrN6O3/c1-17(38)37-26-11-21(31)7-8-25(26)36-15-20(10-18-4-3-9-32-14-18)30(39)23-12-22(13-27(37)29(23)36)40-16-19-5-2-6-24-28(19)34-35-33-24/h2-9,11-15H,10,16H2,1H3,(H,33,34,35). The molecule has 0 bridgehead atoms. The van der Waals surface area contributed by atoms with Crippen molar-refractivity contribution in [3.05, 3.63) is 111 Å². The second-order valence-electron chi connectivity index (χ2n) is 9.63. The predicted molar refractivity (Wildman–Crippen MR) is 155 cm³/mol. The van der Waals surface area contributed by atoms with Gasteiger partial charge in [0.25, 0.3) is 0 Å². The maximum atomic E-state index is 14.0. The van der Waals surface area contributed by atoms with Crippen molar-refractivity contribution in [3.63, 3.8) is 0 Å². The number of nitrogens with zero attached hydrogens (tertiary/aromatic N) is 5. The molecule has 1 aliphatic rings. The summed E-state index contributed by atoms with van der Waals surface area (Å²) in [6, 6.07) is 18.9. The van der Waals surface area contributed by atoms with Crippen LogP contribution in [0.1, 0.15) is 23.6 Å². The summed E-state index contributed by atoms with van der Waals surface area (Å²) in [6.45, 7) is 1.72. The van der Waals surface area contributed by atoms with Crippen molar-refractivity contribution in [1.29, 1.82) is 0 Å². The van der Waals surface area contributed by atoms with E-state index >= 15 is 0 Å². The van der Waals surface area contributed by atoms with Crippen LogP contribution in [0.15, 0.2) is 88.5 Å². The number of amides is 1. The Labute approximate surface area is 236 Å². The van der Waals surface area contributed by atoms with Gasteiger partial charge in [0.2, 0.25) is 5.91 Å². The topological polar surface area (TPSA) is 106 Å². The first-order chi connectivity index (χ1) is 19.5. The molecule has 40 heavy (non-hydrogen) atoms. The number of hydrogen-bond acceptors (Lipinski definition) is 6. The Balaban J connectivity index is 1.44. The zero-order valence-corrected chi connectivity index (χ0v) is 22.8. The number of carbonyl (C=O) groups is 1. The molecule has 1 aliphatic heterocycles. The monoisotopic (exact) mass is 592 g/mol. The van der Waals surface area contributed by atoms with Gasteiger partial charge in [0.1, 0.15) is 17.9 Å². The molecule has 10 heteroatoms. The minimum absolute atomic E-state index is 0.121. The van der Waals surface area contributed by atoms with Gasteiger partial charge in [-0.2, -0.15) is 0 Å². The molecule has 0 unspecified atom stereocenters. The molecular weight excluding hydrogens is 572 g/mol. The van der Waals surface area contributed by atoms with Gasteiger partial charge in [-0.15, -0.1) is 5.10 Å². The van der Waals surface area contributed by atoms with Gasteiger partial charge < -0.3 is 9.30 Å². The molecule has 7 rings (SSSR count). The van der Waals surface area contributed by atoms with E-state index in [1.165, 1.54) is 6.92 Å². The molecule has 3 aromatic heterocycles. The summed E-state index contributed by atoms with van der Waals surface area (Å²) in [7, 11) is 0. The number of carbonyl (C=O) groups excluding carboxylic acids is 1. The molecule has 6 aromatic rings. The minimum atomic E-state index is -0.177. The van der Waals surface area contributed by atoms with Crippen LogP contribution in [0.3, 0.4) is 0 Å². The van der Waals surface area contributed by atoms with Crippen LogP contribution in [-0.4, -0.2) is 30.9 Å². The van der Waals surface area contributed by atoms with Gasteiger partial charge in [-0.1, -0.05) is 39.3 Å². The molecule has 4 heterocycles. The predicted octanol–water partition coefficient (Wildman–Crippen LogP) is 5.59. The molecule has 0 spiro atoms. The normalized spacial score (nSPS) is 12.1. The third kappa shape index (κ3) is 3.95. The Kier molecular flexibility index (Phi) is 5.71. The highest BCUT2D eigenvalue weighted by Gasteiger charge is 2.29. The van der Waals surface area contributed by atoms with Crippen molar-refractivity contribution in [2.45, 2.75) is 20.0 Å². The number of pyridine rings is 2. The number of anilines is 2. The van der Waals surface area contributed by atoms with E-state index in [-0.39, 0.29) is 17.9 Å². The van der Waals surface area contributed by atoms with Crippen molar-refractivity contribution < 1.29 is 9.53 Å². The number of hydrogen-bond donors (Lipinski definition) is 1. The lowest BCUT2D eigenvalue weighted by molar-refractivity contribution is -0.115. The summed E-state index contributed by atoms with van der Waals surface area (Å²) in [4.78, 5) is 32.9. The van der Waals surface area contributed by atoms with E-state index in [1.54, 1.807) is 23.4 Å². The first-order valence-electron chi connectivity index (χ1n) is 12.6. The van der Waals surface area contributed by atoms with Crippen molar-refractivity contribution in [2.75, 3.05) is 4.90 Å². The number of nitrogens with one attached hydrogen (secondary N) is 1. The molecule has 0 atom stereocenters. The summed E-state index contributed by atoms with van der Waals surface area (Å²) in [5, 5.41) is 11.4. The van der Waals surface area contributed by atoms with Crippen LogP contribution in [0.5, 0.6) is 5.75 Å². The first-order valence-corrected chi connectivity index (χ1v) is 13.4. The number of aromatic nitrogens is 5. The summed E-state index contributed by atoms with van der Waals surface area (Å²) in [6.07, 6.45) is 5.76. The van der Waals surface area contributed by atoms with Crippen LogP contribution >= 0.6 is 15.9 Å². The van der Waals surface area contributed by atoms with Crippen LogP contribution in [0, 0.1) is 0 Å². The summed E-state index contributed by atoms with van der Waals surface area (Å²) in [5.41, 5.74) is 6.53. The molecule has 3 aromatic carbocycles. The molecule has 0 radical (unpaired) electrons. The van der Waals surface area contributed by atoms with Gasteiger partial charge in [0, 0.05) is 53.6 Å². The molecule has 0 saturated carbocycles. The van der Waals surface area contributed by atoms with Gasteiger partial charge in [-0.3, -0.25) is 24.6 Å². The molecule has 9 nitrogen and oxygen atoms in total. The molecular formula is C30H21BrN6O3. The lowest BCUT2D eigenvalue weighted by atomic mass is 10.0. The number of rotatable bonds is 5. The lowest BCUT2D eigenvalue weighted by Crippen LogP contribution is -2.29. The van der Waals surface area contributed by atoms with E-state index in [0.717, 1.165) is 32.3 Å².